The average Bonchev–Trinajstić information content (AvgIpc) is 2.31. The minimum Gasteiger partial charge on any atom is -0.312 e. The lowest BCUT2D eigenvalue weighted by Crippen LogP contribution is -2.15. The van der Waals surface area contributed by atoms with Gasteiger partial charge < -0.3 is 10.4 Å². The number of aromatic nitrogens is 4. The number of H-pyrrole nitrogens is 1. The smallest absolute Gasteiger partial charge is 0.250 e. The molecule has 0 fully saturated rings. The second kappa shape index (κ2) is 4.43. The summed E-state index contributed by atoms with van der Waals surface area (Å²) in [6.07, 6.45) is 7.20. The van der Waals surface area contributed by atoms with Gasteiger partial charge in [0, 0.05) is 37.1 Å². The molecule has 1 unspecified atom stereocenters. The second-order valence-corrected chi connectivity index (χ2v) is 3.09. The normalized spacial score (nSPS) is 12.0. The maximum absolute atomic E-state index is 11.1. The van der Waals surface area contributed by atoms with Crippen molar-refractivity contribution in [2.45, 2.75) is 5.92 Å². The van der Waals surface area contributed by atoms with Crippen LogP contribution in [0.15, 0.2) is 35.6 Å². The summed E-state index contributed by atoms with van der Waals surface area (Å²) >= 11 is 0. The van der Waals surface area contributed by atoms with Crippen LogP contribution in [0, 0.1) is 5.41 Å². The molecule has 2 rings (SSSR count). The monoisotopic (exact) mass is 215 g/mol. The van der Waals surface area contributed by atoms with Crippen molar-refractivity contribution in [3.05, 3.63) is 52.7 Å². The Bertz CT molecular complexity index is 536. The van der Waals surface area contributed by atoms with Gasteiger partial charge in [-0.15, -0.1) is 0 Å². The quantitative estimate of drug-likeness (QED) is 0.722. The standard InChI is InChI=1S/C10H9N5O/c11-5-7(8-6-12-3-4-13-8)10-14-2-1-9(16)15-10/h1-7,11H,(H,14,15,16). The molecule has 0 aliphatic heterocycles. The van der Waals surface area contributed by atoms with Gasteiger partial charge in [0.2, 0.25) is 0 Å². The maximum atomic E-state index is 11.1. The van der Waals surface area contributed by atoms with Crippen LogP contribution in [0.2, 0.25) is 0 Å². The molecule has 0 aliphatic rings. The fourth-order valence-electron chi connectivity index (χ4n) is 1.32. The van der Waals surface area contributed by atoms with Crippen LogP contribution in [0.1, 0.15) is 17.4 Å². The molecule has 1 atom stereocenters. The molecule has 0 spiro atoms. The van der Waals surface area contributed by atoms with Gasteiger partial charge in [-0.2, -0.15) is 0 Å². The van der Waals surface area contributed by atoms with Crippen LogP contribution in [-0.4, -0.2) is 26.2 Å². The van der Waals surface area contributed by atoms with E-state index in [0.29, 0.717) is 11.5 Å². The summed E-state index contributed by atoms with van der Waals surface area (Å²) < 4.78 is 0. The van der Waals surface area contributed by atoms with Gasteiger partial charge in [0.25, 0.3) is 5.56 Å². The lowest BCUT2D eigenvalue weighted by Gasteiger charge is -2.08. The molecule has 0 saturated carbocycles. The molecular formula is C10H9N5O. The molecule has 0 bridgehead atoms. The maximum Gasteiger partial charge on any atom is 0.250 e. The van der Waals surface area contributed by atoms with E-state index in [0.717, 1.165) is 0 Å². The Morgan fingerprint density at radius 2 is 2.19 bits per heavy atom. The first-order valence-corrected chi connectivity index (χ1v) is 4.63. The van der Waals surface area contributed by atoms with Gasteiger partial charge >= 0.3 is 0 Å². The zero-order valence-corrected chi connectivity index (χ0v) is 8.29. The molecule has 6 nitrogen and oxygen atoms in total. The Balaban J connectivity index is 2.45. The van der Waals surface area contributed by atoms with Gasteiger partial charge in [-0.1, -0.05) is 0 Å². The molecule has 0 amide bonds. The number of hydrogen-bond acceptors (Lipinski definition) is 5. The first kappa shape index (κ1) is 10.2. The molecule has 0 aliphatic carbocycles. The third kappa shape index (κ3) is 2.00. The van der Waals surface area contributed by atoms with Crippen LogP contribution in [0.25, 0.3) is 0 Å². The molecule has 2 aromatic heterocycles. The second-order valence-electron chi connectivity index (χ2n) is 3.09. The first-order valence-electron chi connectivity index (χ1n) is 4.63. The number of nitrogens with zero attached hydrogens (tertiary/aromatic N) is 3. The summed E-state index contributed by atoms with van der Waals surface area (Å²) in [5.74, 6) is -0.0781. The molecule has 2 aromatic rings. The average molecular weight is 215 g/mol. The molecule has 2 N–H and O–H groups in total. The van der Waals surface area contributed by atoms with E-state index < -0.39 is 5.92 Å². The van der Waals surface area contributed by atoms with E-state index >= 15 is 0 Å². The number of nitrogens with one attached hydrogen (secondary N) is 2. The summed E-state index contributed by atoms with van der Waals surface area (Å²) in [6.45, 7) is 0. The van der Waals surface area contributed by atoms with E-state index in [9.17, 15) is 4.79 Å². The van der Waals surface area contributed by atoms with E-state index in [1.165, 1.54) is 24.7 Å². The predicted octanol–water partition coefficient (Wildman–Crippen LogP) is 0.341. The highest BCUT2D eigenvalue weighted by Gasteiger charge is 2.14. The van der Waals surface area contributed by atoms with Crippen LogP contribution in [0.4, 0.5) is 0 Å². The summed E-state index contributed by atoms with van der Waals surface area (Å²) in [5.41, 5.74) is 0.326. The minimum atomic E-state index is -0.470. The minimum absolute atomic E-state index is 0.249. The van der Waals surface area contributed by atoms with Crippen LogP contribution < -0.4 is 5.56 Å². The number of aromatic amines is 1. The predicted molar refractivity (Wildman–Crippen MR) is 57.5 cm³/mol. The molecule has 6 heteroatoms. The van der Waals surface area contributed by atoms with Gasteiger partial charge in [0.15, 0.2) is 0 Å². The molecule has 80 valence electrons. The van der Waals surface area contributed by atoms with Crippen molar-refractivity contribution < 1.29 is 0 Å². The topological polar surface area (TPSA) is 95.4 Å². The van der Waals surface area contributed by atoms with Crippen molar-refractivity contribution in [2.75, 3.05) is 0 Å². The van der Waals surface area contributed by atoms with Crippen molar-refractivity contribution in [1.82, 2.24) is 19.9 Å². The molecule has 0 radical (unpaired) electrons. The molecule has 2 heterocycles. The fraction of sp³-hybridized carbons (Fsp3) is 0.100. The Morgan fingerprint density at radius 3 is 2.81 bits per heavy atom. The summed E-state index contributed by atoms with van der Waals surface area (Å²) in [6, 6.07) is 1.32. The van der Waals surface area contributed by atoms with Crippen LogP contribution in [0.3, 0.4) is 0 Å². The first-order chi connectivity index (χ1) is 7.81. The highest BCUT2D eigenvalue weighted by molar-refractivity contribution is 5.67. The van der Waals surface area contributed by atoms with Gasteiger partial charge in [-0.05, 0) is 0 Å². The number of hydrogen-bond donors (Lipinski definition) is 2. The van der Waals surface area contributed by atoms with Crippen LogP contribution in [0.5, 0.6) is 0 Å². The van der Waals surface area contributed by atoms with Crippen LogP contribution >= 0.6 is 0 Å². The fourth-order valence-corrected chi connectivity index (χ4v) is 1.32. The summed E-state index contributed by atoms with van der Waals surface area (Å²) in [5, 5.41) is 7.35. The zero-order chi connectivity index (χ0) is 11.4. The van der Waals surface area contributed by atoms with Crippen LogP contribution in [-0.2, 0) is 0 Å². The van der Waals surface area contributed by atoms with Crippen molar-refractivity contribution in [1.29, 1.82) is 5.41 Å². The Kier molecular flexibility index (Phi) is 2.81. The van der Waals surface area contributed by atoms with Gasteiger partial charge in [-0.25, -0.2) is 4.98 Å². The lowest BCUT2D eigenvalue weighted by atomic mass is 10.1. The largest absolute Gasteiger partial charge is 0.312 e. The lowest BCUT2D eigenvalue weighted by molar-refractivity contribution is 0.865. The Hall–Kier alpha value is -2.37. The van der Waals surface area contributed by atoms with Crippen molar-refractivity contribution in [2.24, 2.45) is 0 Å². The Morgan fingerprint density at radius 1 is 1.31 bits per heavy atom. The van der Waals surface area contributed by atoms with Crippen molar-refractivity contribution in [3.8, 4) is 0 Å². The highest BCUT2D eigenvalue weighted by atomic mass is 16.1. The SMILES string of the molecule is N=CC(c1cnccn1)c1nccc(=O)[nH]1. The molecular weight excluding hydrogens is 206 g/mol. The van der Waals surface area contributed by atoms with E-state index in [-0.39, 0.29) is 5.56 Å². The number of rotatable bonds is 3. The van der Waals surface area contributed by atoms with E-state index in [1.807, 2.05) is 0 Å². The summed E-state index contributed by atoms with van der Waals surface area (Å²) in [4.78, 5) is 25.7. The van der Waals surface area contributed by atoms with Gasteiger partial charge in [-0.3, -0.25) is 14.8 Å². The molecule has 0 saturated heterocycles. The summed E-state index contributed by atoms with van der Waals surface area (Å²) in [7, 11) is 0. The third-order valence-corrected chi connectivity index (χ3v) is 2.05. The van der Waals surface area contributed by atoms with Crippen molar-refractivity contribution in [3.63, 3.8) is 0 Å². The van der Waals surface area contributed by atoms with Crippen molar-refractivity contribution >= 4 is 6.21 Å². The third-order valence-electron chi connectivity index (χ3n) is 2.05. The van der Waals surface area contributed by atoms with Gasteiger partial charge in [0.1, 0.15) is 5.82 Å². The zero-order valence-electron chi connectivity index (χ0n) is 8.29. The van der Waals surface area contributed by atoms with E-state index in [2.05, 4.69) is 19.9 Å². The van der Waals surface area contributed by atoms with E-state index in [1.54, 1.807) is 12.4 Å². The molecule has 0 aromatic carbocycles. The van der Waals surface area contributed by atoms with E-state index in [4.69, 9.17) is 5.41 Å². The molecule has 16 heavy (non-hydrogen) atoms. The Labute approximate surface area is 90.9 Å². The van der Waals surface area contributed by atoms with Gasteiger partial charge in [0.05, 0.1) is 11.6 Å². The highest BCUT2D eigenvalue weighted by Crippen LogP contribution is 2.14.